The molecule has 2 heterocycles. The average Bonchev–Trinajstić information content (AvgIpc) is 3.07. The Balaban J connectivity index is 2.07. The first-order valence-electron chi connectivity index (χ1n) is 8.26. The lowest BCUT2D eigenvalue weighted by Crippen LogP contribution is -2.44. The highest BCUT2D eigenvalue weighted by Crippen LogP contribution is 2.27. The highest BCUT2D eigenvalue weighted by atomic mass is 32.1. The lowest BCUT2D eigenvalue weighted by molar-refractivity contribution is -0.0327. The van der Waals surface area contributed by atoms with E-state index in [1.54, 1.807) is 11.3 Å². The van der Waals surface area contributed by atoms with Gasteiger partial charge in [0.05, 0.1) is 31.9 Å². The number of hydrogen-bond acceptors (Lipinski definition) is 5. The minimum absolute atomic E-state index is 0.0970. The fourth-order valence-corrected chi connectivity index (χ4v) is 3.54. The van der Waals surface area contributed by atoms with E-state index in [4.69, 9.17) is 14.8 Å². The van der Waals surface area contributed by atoms with Gasteiger partial charge in [0.2, 0.25) is 0 Å². The van der Waals surface area contributed by atoms with Crippen LogP contribution in [0.5, 0.6) is 0 Å². The minimum Gasteiger partial charge on any atom is -0.395 e. The molecule has 1 saturated heterocycles. The summed E-state index contributed by atoms with van der Waals surface area (Å²) in [4.78, 5) is 8.51. The number of aliphatic hydroxyl groups is 1. The van der Waals surface area contributed by atoms with E-state index >= 15 is 0 Å². The van der Waals surface area contributed by atoms with Gasteiger partial charge in [-0.2, -0.15) is 0 Å². The summed E-state index contributed by atoms with van der Waals surface area (Å²) in [5.74, 6) is 0.754. The van der Waals surface area contributed by atoms with Crippen molar-refractivity contribution >= 4 is 17.3 Å². The first kappa shape index (κ1) is 18.2. The maximum Gasteiger partial charge on any atom is 0.191 e. The van der Waals surface area contributed by atoms with Gasteiger partial charge in [-0.3, -0.25) is 9.89 Å². The summed E-state index contributed by atoms with van der Waals surface area (Å²) in [5, 5.41) is 17.4. The van der Waals surface area contributed by atoms with Crippen molar-refractivity contribution in [3.8, 4) is 0 Å². The van der Waals surface area contributed by atoms with Crippen molar-refractivity contribution in [1.82, 2.24) is 15.5 Å². The van der Waals surface area contributed by atoms with Crippen LogP contribution in [0.2, 0.25) is 0 Å². The van der Waals surface area contributed by atoms with Gasteiger partial charge in [0.1, 0.15) is 0 Å². The van der Waals surface area contributed by atoms with Crippen molar-refractivity contribution in [3.63, 3.8) is 0 Å². The lowest BCUT2D eigenvalue weighted by atomic mass is 10.1. The van der Waals surface area contributed by atoms with Crippen LogP contribution >= 0.6 is 11.3 Å². The molecular formula is C16H28N4O2S. The van der Waals surface area contributed by atoms with E-state index in [0.29, 0.717) is 13.1 Å². The van der Waals surface area contributed by atoms with E-state index in [0.717, 1.165) is 32.2 Å². The summed E-state index contributed by atoms with van der Waals surface area (Å²) >= 11 is 1.78. The summed E-state index contributed by atoms with van der Waals surface area (Å²) in [6.45, 7) is 8.88. The number of aliphatic imine (C=N–C) groups is 1. The van der Waals surface area contributed by atoms with Crippen LogP contribution in [0.25, 0.3) is 0 Å². The normalized spacial score (nSPS) is 21.2. The van der Waals surface area contributed by atoms with Crippen molar-refractivity contribution in [3.05, 3.63) is 22.4 Å². The summed E-state index contributed by atoms with van der Waals surface area (Å²) in [7, 11) is 0. The van der Waals surface area contributed by atoms with E-state index in [2.05, 4.69) is 40.0 Å². The summed E-state index contributed by atoms with van der Waals surface area (Å²) in [5.41, 5.74) is 0. The number of nitrogens with zero attached hydrogens (tertiary/aromatic N) is 2. The molecule has 2 rings (SSSR count). The number of guanidine groups is 1. The topological polar surface area (TPSA) is 69.1 Å². The Morgan fingerprint density at radius 3 is 3.09 bits per heavy atom. The Kier molecular flexibility index (Phi) is 7.81. The first-order valence-corrected chi connectivity index (χ1v) is 9.14. The van der Waals surface area contributed by atoms with Crippen molar-refractivity contribution in [2.75, 3.05) is 45.9 Å². The first-order chi connectivity index (χ1) is 11.2. The molecule has 2 unspecified atom stereocenters. The largest absolute Gasteiger partial charge is 0.395 e. The zero-order valence-electron chi connectivity index (χ0n) is 14.0. The minimum atomic E-state index is 0.0970. The zero-order chi connectivity index (χ0) is 16.5. The van der Waals surface area contributed by atoms with Gasteiger partial charge in [0.25, 0.3) is 0 Å². The molecule has 2 atom stereocenters. The third-order valence-corrected chi connectivity index (χ3v) is 4.73. The molecule has 0 amide bonds. The quantitative estimate of drug-likeness (QED) is 0.511. The third kappa shape index (κ3) is 5.76. The van der Waals surface area contributed by atoms with Crippen LogP contribution in [0.3, 0.4) is 0 Å². The fraction of sp³-hybridized carbons (Fsp3) is 0.688. The molecule has 0 radical (unpaired) electrons. The smallest absolute Gasteiger partial charge is 0.191 e. The van der Waals surface area contributed by atoms with Crippen LogP contribution in [0.1, 0.15) is 24.8 Å². The van der Waals surface area contributed by atoms with Crippen LogP contribution in [0, 0.1) is 0 Å². The van der Waals surface area contributed by atoms with Crippen LogP contribution in [0.15, 0.2) is 22.5 Å². The Morgan fingerprint density at radius 2 is 2.43 bits per heavy atom. The van der Waals surface area contributed by atoms with Crippen molar-refractivity contribution in [1.29, 1.82) is 0 Å². The van der Waals surface area contributed by atoms with Gasteiger partial charge in [-0.1, -0.05) is 6.07 Å². The standard InChI is InChI=1S/C16H28N4O2S/c1-3-17-16(18-6-8-21)19-11-14(15-5-4-10-23-15)20-7-9-22-13(2)12-20/h4-5,10,13-14,21H,3,6-9,11-12H2,1-2H3,(H2,17,18,19). The Hall–Kier alpha value is -1.15. The number of ether oxygens (including phenoxy) is 1. The molecular weight excluding hydrogens is 312 g/mol. The van der Waals surface area contributed by atoms with E-state index in [-0.39, 0.29) is 18.8 Å². The maximum absolute atomic E-state index is 8.98. The SMILES string of the molecule is CCNC(=NCC(c1cccs1)N1CCOC(C)C1)NCCO. The second-order valence-corrected chi connectivity index (χ2v) is 6.56. The molecule has 1 aromatic rings. The highest BCUT2D eigenvalue weighted by molar-refractivity contribution is 7.10. The Bertz CT molecular complexity index is 467. The molecule has 1 aliphatic rings. The molecule has 0 spiro atoms. The van der Waals surface area contributed by atoms with Gasteiger partial charge >= 0.3 is 0 Å². The van der Waals surface area contributed by atoms with Gasteiger partial charge < -0.3 is 20.5 Å². The van der Waals surface area contributed by atoms with Crippen LogP contribution < -0.4 is 10.6 Å². The summed E-state index contributed by atoms with van der Waals surface area (Å²) < 4.78 is 5.67. The number of aliphatic hydroxyl groups excluding tert-OH is 1. The van der Waals surface area contributed by atoms with E-state index in [1.807, 2.05) is 6.92 Å². The highest BCUT2D eigenvalue weighted by Gasteiger charge is 2.26. The van der Waals surface area contributed by atoms with E-state index in [1.165, 1.54) is 4.88 Å². The lowest BCUT2D eigenvalue weighted by Gasteiger charge is -2.36. The van der Waals surface area contributed by atoms with Gasteiger partial charge in [-0.05, 0) is 25.3 Å². The van der Waals surface area contributed by atoms with Crippen LogP contribution in [0.4, 0.5) is 0 Å². The number of nitrogens with one attached hydrogen (secondary N) is 2. The number of thiophene rings is 1. The van der Waals surface area contributed by atoms with Gasteiger partial charge in [-0.25, -0.2) is 0 Å². The van der Waals surface area contributed by atoms with E-state index < -0.39 is 0 Å². The predicted molar refractivity (Wildman–Crippen MR) is 95.1 cm³/mol. The summed E-state index contributed by atoms with van der Waals surface area (Å²) in [6, 6.07) is 4.54. The molecule has 1 aromatic heterocycles. The van der Waals surface area contributed by atoms with Gasteiger partial charge in [-0.15, -0.1) is 11.3 Å². The Morgan fingerprint density at radius 1 is 1.57 bits per heavy atom. The molecule has 7 heteroatoms. The second-order valence-electron chi connectivity index (χ2n) is 5.58. The number of morpholine rings is 1. The molecule has 0 aromatic carbocycles. The van der Waals surface area contributed by atoms with Crippen LogP contribution in [-0.2, 0) is 4.74 Å². The molecule has 130 valence electrons. The number of rotatable bonds is 7. The molecule has 0 bridgehead atoms. The van der Waals surface area contributed by atoms with Crippen molar-refractivity contribution in [2.45, 2.75) is 26.0 Å². The van der Waals surface area contributed by atoms with Crippen LogP contribution in [-0.4, -0.2) is 68.0 Å². The van der Waals surface area contributed by atoms with Crippen molar-refractivity contribution in [2.24, 2.45) is 4.99 Å². The fourth-order valence-electron chi connectivity index (χ4n) is 2.69. The molecule has 3 N–H and O–H groups in total. The molecule has 23 heavy (non-hydrogen) atoms. The average molecular weight is 340 g/mol. The third-order valence-electron chi connectivity index (χ3n) is 3.76. The van der Waals surface area contributed by atoms with Gasteiger partial charge in [0.15, 0.2) is 5.96 Å². The number of hydrogen-bond donors (Lipinski definition) is 3. The summed E-state index contributed by atoms with van der Waals surface area (Å²) in [6.07, 6.45) is 0.260. The predicted octanol–water partition coefficient (Wildman–Crippen LogP) is 1.06. The van der Waals surface area contributed by atoms with Crippen molar-refractivity contribution < 1.29 is 9.84 Å². The van der Waals surface area contributed by atoms with E-state index in [9.17, 15) is 0 Å². The molecule has 1 aliphatic heterocycles. The molecule has 1 fully saturated rings. The molecule has 0 saturated carbocycles. The Labute approximate surface area is 142 Å². The maximum atomic E-state index is 8.98. The second kappa shape index (κ2) is 9.87. The molecule has 0 aliphatic carbocycles. The van der Waals surface area contributed by atoms with Gasteiger partial charge in [0, 0.05) is 31.1 Å². The molecule has 6 nitrogen and oxygen atoms in total. The monoisotopic (exact) mass is 340 g/mol. The zero-order valence-corrected chi connectivity index (χ0v) is 14.8.